The van der Waals surface area contributed by atoms with Gasteiger partial charge in [-0.05, 0) is 24.6 Å². The molecule has 0 bridgehead atoms. The van der Waals surface area contributed by atoms with Crippen LogP contribution in [0.25, 0.3) is 0 Å². The number of hydrogen-bond donors (Lipinski definition) is 2. The molecule has 0 unspecified atom stereocenters. The Bertz CT molecular complexity index is 569. The highest BCUT2D eigenvalue weighted by Crippen LogP contribution is 2.18. The molecule has 3 N–H and O–H groups in total. The van der Waals surface area contributed by atoms with Gasteiger partial charge in [-0.15, -0.1) is 10.2 Å². The van der Waals surface area contributed by atoms with Gasteiger partial charge in [0, 0.05) is 0 Å². The van der Waals surface area contributed by atoms with E-state index in [-0.39, 0.29) is 15.8 Å². The molecular formula is C10H9FN4OS. The summed E-state index contributed by atoms with van der Waals surface area (Å²) < 4.78 is 13.5. The van der Waals surface area contributed by atoms with E-state index in [9.17, 15) is 9.18 Å². The Balaban J connectivity index is 2.18. The van der Waals surface area contributed by atoms with Gasteiger partial charge in [0.25, 0.3) is 5.91 Å². The number of hydrogen-bond acceptors (Lipinski definition) is 5. The van der Waals surface area contributed by atoms with E-state index in [4.69, 9.17) is 5.73 Å². The van der Waals surface area contributed by atoms with Gasteiger partial charge in [-0.2, -0.15) is 0 Å². The highest BCUT2D eigenvalue weighted by molar-refractivity contribution is 7.16. The molecule has 1 aromatic carbocycles. The van der Waals surface area contributed by atoms with Crippen molar-refractivity contribution in [3.05, 3.63) is 34.6 Å². The Labute approximate surface area is 100 Å². The van der Waals surface area contributed by atoms with Crippen molar-refractivity contribution < 1.29 is 9.18 Å². The zero-order valence-electron chi connectivity index (χ0n) is 8.90. The van der Waals surface area contributed by atoms with Gasteiger partial charge in [0.1, 0.15) is 5.82 Å². The fourth-order valence-electron chi connectivity index (χ4n) is 1.22. The van der Waals surface area contributed by atoms with Crippen LogP contribution < -0.4 is 11.1 Å². The van der Waals surface area contributed by atoms with Gasteiger partial charge in [-0.1, -0.05) is 17.4 Å². The van der Waals surface area contributed by atoms with E-state index in [0.717, 1.165) is 16.9 Å². The standard InChI is InChI=1S/C10H9FN4OS/c1-5-2-3-7(6(11)4-5)13-8(16)9-14-15-10(12)17-9/h2-4H,1H3,(H2,12,15)(H,13,16). The average Bonchev–Trinajstić information content (AvgIpc) is 2.69. The summed E-state index contributed by atoms with van der Waals surface area (Å²) in [5.74, 6) is -1.02. The van der Waals surface area contributed by atoms with Gasteiger partial charge < -0.3 is 11.1 Å². The number of aryl methyl sites for hydroxylation is 1. The van der Waals surface area contributed by atoms with E-state index < -0.39 is 11.7 Å². The number of nitrogens with two attached hydrogens (primary N) is 1. The first kappa shape index (κ1) is 11.5. The maximum absolute atomic E-state index is 13.5. The van der Waals surface area contributed by atoms with Crippen molar-refractivity contribution in [2.45, 2.75) is 6.92 Å². The molecule has 0 saturated carbocycles. The molecule has 0 saturated heterocycles. The normalized spacial score (nSPS) is 10.2. The molecular weight excluding hydrogens is 243 g/mol. The molecule has 1 aromatic heterocycles. The fraction of sp³-hybridized carbons (Fsp3) is 0.100. The Kier molecular flexibility index (Phi) is 3.01. The number of aromatic nitrogens is 2. The number of rotatable bonds is 2. The Morgan fingerprint density at radius 2 is 2.24 bits per heavy atom. The molecule has 5 nitrogen and oxygen atoms in total. The number of nitrogen functional groups attached to an aromatic ring is 1. The third-order valence-corrected chi connectivity index (χ3v) is 2.76. The van der Waals surface area contributed by atoms with Crippen LogP contribution in [0.1, 0.15) is 15.4 Å². The number of carbonyl (C=O) groups excluding carboxylic acids is 1. The smallest absolute Gasteiger partial charge is 0.286 e. The van der Waals surface area contributed by atoms with Crippen molar-refractivity contribution in [2.75, 3.05) is 11.1 Å². The second-order valence-corrected chi connectivity index (χ2v) is 4.39. The summed E-state index contributed by atoms with van der Waals surface area (Å²) in [6.45, 7) is 1.76. The van der Waals surface area contributed by atoms with E-state index in [1.165, 1.54) is 12.1 Å². The third-order valence-electron chi connectivity index (χ3n) is 2.01. The number of carbonyl (C=O) groups is 1. The Morgan fingerprint density at radius 1 is 1.47 bits per heavy atom. The van der Waals surface area contributed by atoms with Crippen molar-refractivity contribution in [2.24, 2.45) is 0 Å². The SMILES string of the molecule is Cc1ccc(NC(=O)c2nnc(N)s2)c(F)c1. The van der Waals surface area contributed by atoms with Crippen LogP contribution in [0.3, 0.4) is 0 Å². The van der Waals surface area contributed by atoms with Crippen LogP contribution in [0.2, 0.25) is 0 Å². The monoisotopic (exact) mass is 252 g/mol. The Morgan fingerprint density at radius 3 is 2.82 bits per heavy atom. The van der Waals surface area contributed by atoms with Gasteiger partial charge >= 0.3 is 0 Å². The van der Waals surface area contributed by atoms with Crippen LogP contribution in [0.4, 0.5) is 15.2 Å². The molecule has 0 aliphatic heterocycles. The first-order valence-corrected chi connectivity index (χ1v) is 5.54. The first-order chi connectivity index (χ1) is 8.06. The minimum absolute atomic E-state index is 0.0995. The van der Waals surface area contributed by atoms with E-state index in [0.29, 0.717) is 0 Å². The largest absolute Gasteiger partial charge is 0.374 e. The van der Waals surface area contributed by atoms with Crippen molar-refractivity contribution in [3.8, 4) is 0 Å². The van der Waals surface area contributed by atoms with Gasteiger partial charge in [0.15, 0.2) is 0 Å². The molecule has 0 aliphatic carbocycles. The number of halogens is 1. The summed E-state index contributed by atoms with van der Waals surface area (Å²) in [5, 5.41) is 9.77. The number of benzene rings is 1. The van der Waals surface area contributed by atoms with Crippen LogP contribution in [-0.4, -0.2) is 16.1 Å². The van der Waals surface area contributed by atoms with Gasteiger partial charge in [-0.3, -0.25) is 4.79 Å². The molecule has 88 valence electrons. The lowest BCUT2D eigenvalue weighted by atomic mass is 10.2. The van der Waals surface area contributed by atoms with Gasteiger partial charge in [-0.25, -0.2) is 4.39 Å². The molecule has 1 heterocycles. The van der Waals surface area contributed by atoms with E-state index in [2.05, 4.69) is 15.5 Å². The predicted octanol–water partition coefficient (Wildman–Crippen LogP) is 1.82. The quantitative estimate of drug-likeness (QED) is 0.854. The summed E-state index contributed by atoms with van der Waals surface area (Å²) >= 11 is 0.945. The number of nitrogens with zero attached hydrogens (tertiary/aromatic N) is 2. The lowest BCUT2D eigenvalue weighted by Gasteiger charge is -2.04. The van der Waals surface area contributed by atoms with Crippen LogP contribution in [0, 0.1) is 12.7 Å². The molecule has 7 heteroatoms. The number of anilines is 2. The molecule has 2 rings (SSSR count). The highest BCUT2D eigenvalue weighted by Gasteiger charge is 2.13. The zero-order chi connectivity index (χ0) is 12.4. The molecule has 0 fully saturated rings. The lowest BCUT2D eigenvalue weighted by Crippen LogP contribution is -2.12. The van der Waals surface area contributed by atoms with Crippen molar-refractivity contribution in [3.63, 3.8) is 0 Å². The van der Waals surface area contributed by atoms with E-state index >= 15 is 0 Å². The van der Waals surface area contributed by atoms with Gasteiger partial charge in [0.2, 0.25) is 10.1 Å². The van der Waals surface area contributed by atoms with Crippen LogP contribution in [-0.2, 0) is 0 Å². The summed E-state index contributed by atoms with van der Waals surface area (Å²) in [6, 6.07) is 4.53. The molecule has 1 amide bonds. The van der Waals surface area contributed by atoms with E-state index in [1.54, 1.807) is 13.0 Å². The molecule has 0 aliphatic rings. The molecule has 17 heavy (non-hydrogen) atoms. The first-order valence-electron chi connectivity index (χ1n) is 4.73. The summed E-state index contributed by atoms with van der Waals surface area (Å²) in [7, 11) is 0. The lowest BCUT2D eigenvalue weighted by molar-refractivity contribution is 0.102. The Hall–Kier alpha value is -2.02. The number of nitrogens with one attached hydrogen (secondary N) is 1. The maximum atomic E-state index is 13.5. The summed E-state index contributed by atoms with van der Waals surface area (Å²) in [6.07, 6.45) is 0. The average molecular weight is 252 g/mol. The second-order valence-electron chi connectivity index (χ2n) is 3.38. The summed E-state index contributed by atoms with van der Waals surface area (Å²) in [5.41, 5.74) is 6.23. The summed E-state index contributed by atoms with van der Waals surface area (Å²) in [4.78, 5) is 11.6. The van der Waals surface area contributed by atoms with E-state index in [1.807, 2.05) is 0 Å². The third kappa shape index (κ3) is 2.56. The highest BCUT2D eigenvalue weighted by atomic mass is 32.1. The second kappa shape index (κ2) is 4.46. The zero-order valence-corrected chi connectivity index (χ0v) is 9.71. The van der Waals surface area contributed by atoms with Crippen molar-refractivity contribution in [1.29, 1.82) is 0 Å². The fourth-order valence-corrected chi connectivity index (χ4v) is 1.73. The van der Waals surface area contributed by atoms with Crippen molar-refractivity contribution >= 4 is 28.1 Å². The van der Waals surface area contributed by atoms with Crippen LogP contribution in [0.5, 0.6) is 0 Å². The van der Waals surface area contributed by atoms with Gasteiger partial charge in [0.05, 0.1) is 5.69 Å². The molecule has 0 radical (unpaired) electrons. The van der Waals surface area contributed by atoms with Crippen LogP contribution in [0.15, 0.2) is 18.2 Å². The maximum Gasteiger partial charge on any atom is 0.286 e. The minimum atomic E-state index is -0.526. The van der Waals surface area contributed by atoms with Crippen LogP contribution >= 0.6 is 11.3 Å². The predicted molar refractivity (Wildman–Crippen MR) is 63.4 cm³/mol. The van der Waals surface area contributed by atoms with Crippen molar-refractivity contribution in [1.82, 2.24) is 10.2 Å². The molecule has 0 atom stereocenters. The minimum Gasteiger partial charge on any atom is -0.374 e. The molecule has 0 spiro atoms. The topological polar surface area (TPSA) is 80.9 Å². The molecule has 2 aromatic rings. The number of amides is 1.